The average Bonchev–Trinajstić information content (AvgIpc) is 3.11. The van der Waals surface area contributed by atoms with E-state index < -0.39 is 0 Å². The normalized spacial score (nSPS) is 15.4. The van der Waals surface area contributed by atoms with Gasteiger partial charge in [-0.05, 0) is 18.9 Å². The van der Waals surface area contributed by atoms with Gasteiger partial charge in [0.2, 0.25) is 0 Å². The van der Waals surface area contributed by atoms with Crippen LogP contribution in [0.4, 0.5) is 0 Å². The highest BCUT2D eigenvalue weighted by Gasteiger charge is 2.25. The summed E-state index contributed by atoms with van der Waals surface area (Å²) in [6.07, 6.45) is 6.52. The van der Waals surface area contributed by atoms with Crippen molar-refractivity contribution in [1.82, 2.24) is 0 Å². The minimum atomic E-state index is 0.362. The molecule has 0 heterocycles. The lowest BCUT2D eigenvalue weighted by atomic mass is 10.1. The number of benzene rings is 1. The van der Waals surface area contributed by atoms with Gasteiger partial charge in [-0.2, -0.15) is 0 Å². The second kappa shape index (κ2) is 5.03. The Balaban J connectivity index is 2.28. The minimum absolute atomic E-state index is 0.362. The van der Waals surface area contributed by atoms with Gasteiger partial charge in [0, 0.05) is 12.1 Å². The Morgan fingerprint density at radius 1 is 1.44 bits per heavy atom. The monoisotopic (exact) mass is 219 g/mol. The zero-order valence-corrected chi connectivity index (χ0v) is 9.48. The molecule has 1 aromatic rings. The smallest absolute Gasteiger partial charge is 0.168 e. The number of hydrogen-bond acceptors (Lipinski definition) is 3. The van der Waals surface area contributed by atoms with Crippen LogP contribution < -0.4 is 15.2 Å². The van der Waals surface area contributed by atoms with E-state index in [-0.39, 0.29) is 0 Å². The summed E-state index contributed by atoms with van der Waals surface area (Å²) < 4.78 is 11.2. The number of methoxy groups -OCH3 is 1. The summed E-state index contributed by atoms with van der Waals surface area (Å²) in [4.78, 5) is 0. The zero-order valence-electron chi connectivity index (χ0n) is 9.48. The van der Waals surface area contributed by atoms with Gasteiger partial charge >= 0.3 is 0 Å². The quantitative estimate of drug-likeness (QED) is 0.825. The van der Waals surface area contributed by atoms with Gasteiger partial charge in [-0.3, -0.25) is 0 Å². The van der Waals surface area contributed by atoms with E-state index in [2.05, 4.69) is 0 Å². The van der Waals surface area contributed by atoms with Gasteiger partial charge in [-0.15, -0.1) is 0 Å². The van der Waals surface area contributed by atoms with Crippen LogP contribution in [0.25, 0.3) is 6.08 Å². The van der Waals surface area contributed by atoms with Crippen molar-refractivity contribution in [3.63, 3.8) is 0 Å². The fraction of sp³-hybridized carbons (Fsp3) is 0.385. The third-order valence-electron chi connectivity index (χ3n) is 2.47. The summed E-state index contributed by atoms with van der Waals surface area (Å²) in [6, 6.07) is 5.87. The topological polar surface area (TPSA) is 44.5 Å². The Labute approximate surface area is 95.9 Å². The van der Waals surface area contributed by atoms with Gasteiger partial charge in [0.1, 0.15) is 0 Å². The SMILES string of the molecule is COc1cccc(/C=C/CN)c1OC1CC1. The maximum atomic E-state index is 5.86. The van der Waals surface area contributed by atoms with Gasteiger partial charge in [0.25, 0.3) is 0 Å². The molecular weight excluding hydrogens is 202 g/mol. The molecule has 3 nitrogen and oxygen atoms in total. The molecule has 0 unspecified atom stereocenters. The Kier molecular flexibility index (Phi) is 3.47. The van der Waals surface area contributed by atoms with E-state index in [4.69, 9.17) is 15.2 Å². The standard InChI is InChI=1S/C13H17NO2/c1-15-12-6-2-4-10(5-3-9-14)13(12)16-11-7-8-11/h2-6,11H,7-9,14H2,1H3/b5-3+. The molecule has 2 N–H and O–H groups in total. The summed E-state index contributed by atoms with van der Waals surface area (Å²) in [6.45, 7) is 0.528. The van der Waals surface area contributed by atoms with Crippen molar-refractivity contribution in [1.29, 1.82) is 0 Å². The maximum absolute atomic E-state index is 5.86. The van der Waals surface area contributed by atoms with E-state index in [9.17, 15) is 0 Å². The van der Waals surface area contributed by atoms with Gasteiger partial charge in [-0.1, -0.05) is 24.3 Å². The highest BCUT2D eigenvalue weighted by molar-refractivity contribution is 5.62. The number of hydrogen-bond donors (Lipinski definition) is 1. The molecule has 0 aliphatic heterocycles. The van der Waals surface area contributed by atoms with E-state index in [0.717, 1.165) is 29.9 Å². The van der Waals surface area contributed by atoms with Crippen molar-refractivity contribution in [3.8, 4) is 11.5 Å². The van der Waals surface area contributed by atoms with E-state index in [1.54, 1.807) is 7.11 Å². The molecule has 1 saturated carbocycles. The molecule has 1 aliphatic carbocycles. The number of nitrogens with two attached hydrogens (primary N) is 1. The summed E-state index contributed by atoms with van der Waals surface area (Å²) in [5.41, 5.74) is 6.48. The predicted molar refractivity (Wildman–Crippen MR) is 64.7 cm³/mol. The molecule has 0 atom stereocenters. The molecular formula is C13H17NO2. The summed E-state index contributed by atoms with van der Waals surface area (Å²) >= 11 is 0. The Bertz CT molecular complexity index is 384. The van der Waals surface area contributed by atoms with Gasteiger partial charge in [0.15, 0.2) is 11.5 Å². The van der Waals surface area contributed by atoms with Crippen molar-refractivity contribution < 1.29 is 9.47 Å². The fourth-order valence-electron chi connectivity index (χ4n) is 1.50. The summed E-state index contributed by atoms with van der Waals surface area (Å²) in [5, 5.41) is 0. The van der Waals surface area contributed by atoms with Crippen LogP contribution in [-0.4, -0.2) is 19.8 Å². The summed E-state index contributed by atoms with van der Waals surface area (Å²) in [5.74, 6) is 1.61. The second-order valence-corrected chi connectivity index (χ2v) is 3.83. The second-order valence-electron chi connectivity index (χ2n) is 3.83. The molecule has 86 valence electrons. The van der Waals surface area contributed by atoms with Gasteiger partial charge in [0.05, 0.1) is 13.2 Å². The van der Waals surface area contributed by atoms with Crippen LogP contribution >= 0.6 is 0 Å². The van der Waals surface area contributed by atoms with E-state index in [1.165, 1.54) is 0 Å². The van der Waals surface area contributed by atoms with Crippen molar-refractivity contribution in [2.24, 2.45) is 5.73 Å². The first-order chi connectivity index (χ1) is 7.85. The van der Waals surface area contributed by atoms with E-state index in [0.29, 0.717) is 12.6 Å². The van der Waals surface area contributed by atoms with Crippen LogP contribution in [-0.2, 0) is 0 Å². The molecule has 3 heteroatoms. The first kappa shape index (κ1) is 11.0. The summed E-state index contributed by atoms with van der Waals surface area (Å²) in [7, 11) is 1.66. The molecule has 0 spiro atoms. The predicted octanol–water partition coefficient (Wildman–Crippen LogP) is 2.21. The van der Waals surface area contributed by atoms with Gasteiger partial charge in [-0.25, -0.2) is 0 Å². The van der Waals surface area contributed by atoms with Crippen LogP contribution in [0.5, 0.6) is 11.5 Å². The average molecular weight is 219 g/mol. The third-order valence-corrected chi connectivity index (χ3v) is 2.47. The van der Waals surface area contributed by atoms with Gasteiger partial charge < -0.3 is 15.2 Å². The van der Waals surface area contributed by atoms with Crippen molar-refractivity contribution in [3.05, 3.63) is 29.8 Å². The molecule has 0 amide bonds. The first-order valence-corrected chi connectivity index (χ1v) is 5.55. The molecule has 1 aromatic carbocycles. The van der Waals surface area contributed by atoms with E-state index in [1.807, 2.05) is 30.4 Å². The third kappa shape index (κ3) is 2.55. The lowest BCUT2D eigenvalue weighted by Crippen LogP contribution is -2.00. The minimum Gasteiger partial charge on any atom is -0.493 e. The molecule has 2 rings (SSSR count). The molecule has 0 radical (unpaired) electrons. The van der Waals surface area contributed by atoms with Crippen molar-refractivity contribution in [2.45, 2.75) is 18.9 Å². The van der Waals surface area contributed by atoms with Crippen LogP contribution in [0.15, 0.2) is 24.3 Å². The molecule has 1 aliphatic rings. The number of ether oxygens (including phenoxy) is 2. The Hall–Kier alpha value is -1.48. The molecule has 0 aromatic heterocycles. The molecule has 0 saturated heterocycles. The Morgan fingerprint density at radius 2 is 2.25 bits per heavy atom. The van der Waals surface area contributed by atoms with Crippen molar-refractivity contribution >= 4 is 6.08 Å². The first-order valence-electron chi connectivity index (χ1n) is 5.55. The number of para-hydroxylation sites is 1. The largest absolute Gasteiger partial charge is 0.493 e. The van der Waals surface area contributed by atoms with Crippen LogP contribution in [0.3, 0.4) is 0 Å². The zero-order chi connectivity index (χ0) is 11.4. The fourth-order valence-corrected chi connectivity index (χ4v) is 1.50. The lowest BCUT2D eigenvalue weighted by molar-refractivity contribution is 0.281. The molecule has 1 fully saturated rings. The molecule has 16 heavy (non-hydrogen) atoms. The molecule has 0 bridgehead atoms. The van der Waals surface area contributed by atoms with Crippen LogP contribution in [0, 0.1) is 0 Å². The van der Waals surface area contributed by atoms with Crippen LogP contribution in [0.1, 0.15) is 18.4 Å². The van der Waals surface area contributed by atoms with E-state index >= 15 is 0 Å². The lowest BCUT2D eigenvalue weighted by Gasteiger charge is -2.12. The highest BCUT2D eigenvalue weighted by Crippen LogP contribution is 2.36. The Morgan fingerprint density at radius 3 is 2.88 bits per heavy atom. The van der Waals surface area contributed by atoms with Crippen LogP contribution in [0.2, 0.25) is 0 Å². The van der Waals surface area contributed by atoms with Crippen molar-refractivity contribution in [2.75, 3.05) is 13.7 Å². The number of rotatable bonds is 5. The highest BCUT2D eigenvalue weighted by atomic mass is 16.5. The maximum Gasteiger partial charge on any atom is 0.168 e.